The first-order valence-electron chi connectivity index (χ1n) is 16.6. The van der Waals surface area contributed by atoms with Crippen molar-refractivity contribution in [1.82, 2.24) is 29.9 Å². The van der Waals surface area contributed by atoms with Crippen LogP contribution in [0.1, 0.15) is 112 Å². The molecular formula is C39H55N7O5. The monoisotopic (exact) mass is 701 g/mol. The Balaban J connectivity index is 0.000000351. The number of nitrogens with zero attached hydrogens (tertiary/aromatic N) is 7. The number of rotatable bonds is 5. The number of ether oxygens (including phenoxy) is 1. The van der Waals surface area contributed by atoms with Crippen molar-refractivity contribution >= 4 is 34.6 Å². The molecule has 1 N–H and O–H groups in total. The van der Waals surface area contributed by atoms with Gasteiger partial charge in [0.05, 0.1) is 19.3 Å². The fraction of sp³-hybridized carbons (Fsp3) is 0.487. The van der Waals surface area contributed by atoms with Crippen molar-refractivity contribution in [2.24, 2.45) is 27.2 Å². The molecule has 0 unspecified atom stereocenters. The second-order valence-corrected chi connectivity index (χ2v) is 15.1. The largest absolute Gasteiger partial charge is 0.505 e. The number of carbonyl (C=O) groups excluding carboxylic acids is 3. The number of Topliss-reactive ketones (excluding diaryl/α,β-unsaturated/α-hetero) is 2. The summed E-state index contributed by atoms with van der Waals surface area (Å²) in [4.78, 5) is 61.6. The number of aromatic nitrogens is 6. The van der Waals surface area contributed by atoms with Crippen LogP contribution in [-0.2, 0) is 14.3 Å². The van der Waals surface area contributed by atoms with Crippen LogP contribution in [0.5, 0.6) is 0 Å². The Morgan fingerprint density at radius 1 is 0.765 bits per heavy atom. The van der Waals surface area contributed by atoms with Gasteiger partial charge in [0, 0.05) is 57.6 Å². The highest BCUT2D eigenvalue weighted by Gasteiger charge is 2.27. The van der Waals surface area contributed by atoms with E-state index in [1.54, 1.807) is 25.5 Å². The second-order valence-electron chi connectivity index (χ2n) is 15.1. The Labute approximate surface area is 303 Å². The number of aliphatic hydroxyl groups excluding tert-OH is 1. The summed E-state index contributed by atoms with van der Waals surface area (Å²) in [6.45, 7) is 26.2. The van der Waals surface area contributed by atoms with Gasteiger partial charge in [-0.1, -0.05) is 76.2 Å². The van der Waals surface area contributed by atoms with Crippen LogP contribution in [0.2, 0.25) is 0 Å². The Hall–Kier alpha value is -5.00. The van der Waals surface area contributed by atoms with Crippen molar-refractivity contribution in [1.29, 1.82) is 0 Å². The lowest BCUT2D eigenvalue weighted by Gasteiger charge is -2.19. The lowest BCUT2D eigenvalue weighted by molar-refractivity contribution is -0.129. The molecule has 0 aromatic carbocycles. The van der Waals surface area contributed by atoms with Crippen molar-refractivity contribution in [3.63, 3.8) is 0 Å². The van der Waals surface area contributed by atoms with E-state index in [-0.39, 0.29) is 34.0 Å². The third-order valence-electron chi connectivity index (χ3n) is 7.25. The molecule has 0 radical (unpaired) electrons. The molecule has 0 spiro atoms. The second kappa shape index (κ2) is 19.4. The van der Waals surface area contributed by atoms with Crippen LogP contribution in [-0.4, -0.2) is 71.9 Å². The van der Waals surface area contributed by atoms with E-state index < -0.39 is 11.4 Å². The maximum absolute atomic E-state index is 11.9. The van der Waals surface area contributed by atoms with Gasteiger partial charge in [0.2, 0.25) is 0 Å². The van der Waals surface area contributed by atoms with Gasteiger partial charge in [0.25, 0.3) is 0 Å². The number of hydrogen-bond acceptors (Lipinski definition) is 12. The van der Waals surface area contributed by atoms with Gasteiger partial charge >= 0.3 is 5.97 Å². The molecule has 0 amide bonds. The fourth-order valence-corrected chi connectivity index (χ4v) is 4.76. The van der Waals surface area contributed by atoms with Crippen LogP contribution >= 0.6 is 0 Å². The fourth-order valence-electron chi connectivity index (χ4n) is 4.76. The number of ketones is 2. The molecule has 0 atom stereocenters. The van der Waals surface area contributed by atoms with E-state index in [1.807, 2.05) is 61.5 Å². The van der Waals surface area contributed by atoms with Crippen molar-refractivity contribution in [3.05, 3.63) is 84.0 Å². The summed E-state index contributed by atoms with van der Waals surface area (Å²) in [7, 11) is 1.31. The molecule has 51 heavy (non-hydrogen) atoms. The first kappa shape index (κ1) is 44.0. The Kier molecular flexibility index (Phi) is 16.8. The minimum Gasteiger partial charge on any atom is -0.505 e. The topological polar surface area (TPSA) is 170 Å². The Bertz CT molecular complexity index is 1630. The third-order valence-corrected chi connectivity index (χ3v) is 7.25. The van der Waals surface area contributed by atoms with E-state index in [4.69, 9.17) is 0 Å². The highest BCUT2D eigenvalue weighted by atomic mass is 16.5. The lowest BCUT2D eigenvalue weighted by atomic mass is 9.85. The quantitative estimate of drug-likeness (QED) is 0.157. The van der Waals surface area contributed by atoms with Crippen LogP contribution in [0.3, 0.4) is 0 Å². The van der Waals surface area contributed by atoms with Crippen molar-refractivity contribution in [2.45, 2.75) is 90.0 Å². The molecule has 4 heterocycles. The predicted molar refractivity (Wildman–Crippen MR) is 201 cm³/mol. The highest BCUT2D eigenvalue weighted by Crippen LogP contribution is 2.31. The minimum absolute atomic E-state index is 0.0812. The van der Waals surface area contributed by atoms with Crippen molar-refractivity contribution in [3.8, 4) is 0 Å². The summed E-state index contributed by atoms with van der Waals surface area (Å²) in [6, 6.07) is 5.00. The van der Waals surface area contributed by atoms with Gasteiger partial charge in [-0.25, -0.2) is 34.7 Å². The van der Waals surface area contributed by atoms with E-state index in [0.29, 0.717) is 17.1 Å². The summed E-state index contributed by atoms with van der Waals surface area (Å²) in [6.07, 6.45) is 9.00. The average molecular weight is 702 g/mol. The molecule has 0 aliphatic carbocycles. The van der Waals surface area contributed by atoms with E-state index in [2.05, 4.69) is 67.3 Å². The minimum atomic E-state index is -0.509. The molecule has 3 aromatic heterocycles. The van der Waals surface area contributed by atoms with Crippen LogP contribution < -0.4 is 0 Å². The smallest absolute Gasteiger partial charge is 0.356 e. The molecular weight excluding hydrogens is 646 g/mol. The normalized spacial score (nSPS) is 13.3. The first-order valence-corrected chi connectivity index (χ1v) is 16.6. The third kappa shape index (κ3) is 14.4. The van der Waals surface area contributed by atoms with E-state index >= 15 is 0 Å². The van der Waals surface area contributed by atoms with Gasteiger partial charge in [-0.05, 0) is 37.6 Å². The number of allylic oxidation sites excluding steroid dienone is 2. The van der Waals surface area contributed by atoms with Gasteiger partial charge in [0.1, 0.15) is 36.2 Å². The summed E-state index contributed by atoms with van der Waals surface area (Å²) in [5, 5.41) is 9.89. The van der Waals surface area contributed by atoms with Gasteiger partial charge in [-0.3, -0.25) is 14.6 Å². The summed E-state index contributed by atoms with van der Waals surface area (Å²) >= 11 is 0. The molecule has 0 saturated heterocycles. The molecule has 4 rings (SSSR count). The highest BCUT2D eigenvalue weighted by molar-refractivity contribution is 6.11. The molecule has 0 saturated carbocycles. The molecule has 3 aromatic rings. The number of aliphatic imine (C=N–C) groups is 1. The van der Waals surface area contributed by atoms with Crippen LogP contribution in [0.4, 0.5) is 0 Å². The Morgan fingerprint density at radius 3 is 1.59 bits per heavy atom. The van der Waals surface area contributed by atoms with Crippen LogP contribution in [0.25, 0.3) is 11.3 Å². The average Bonchev–Trinajstić information content (AvgIpc) is 3.49. The number of aliphatic hydroxyl groups is 1. The first-order chi connectivity index (χ1) is 23.5. The van der Waals surface area contributed by atoms with Crippen LogP contribution in [0.15, 0.2) is 71.9 Å². The van der Waals surface area contributed by atoms with E-state index in [1.165, 1.54) is 55.1 Å². The zero-order chi connectivity index (χ0) is 39.2. The number of methoxy groups -OCH3 is 1. The standard InChI is InChI=1S/C13H17N3.C12H16N2O2.C8H16O.C6H6N2O2/c1-9-10(11-5-6-14-8-16-11)7-15-12(9)13(2,3)4;1-8(11(16)12(2,3)4)10(15)9-5-6-13-7-14-9;1-6(2)7(9)8(3,4)5;1-10-6(9)5-2-3-7-4-8-5/h5-6,8H,7H2,1-4H3;5-7,15H,1-4H3;6H,1-5H3;2-4H,1H3. The number of hydrogen-bond donors (Lipinski definition) is 1. The number of carbonyl (C=O) groups is 3. The van der Waals surface area contributed by atoms with Crippen molar-refractivity contribution in [2.75, 3.05) is 13.7 Å². The molecule has 1 aliphatic heterocycles. The molecule has 12 nitrogen and oxygen atoms in total. The van der Waals surface area contributed by atoms with E-state index in [0.717, 1.165) is 12.2 Å². The zero-order valence-electron chi connectivity index (χ0n) is 32.7. The Morgan fingerprint density at radius 2 is 1.25 bits per heavy atom. The van der Waals surface area contributed by atoms with E-state index in [9.17, 15) is 19.5 Å². The molecule has 0 bridgehead atoms. The molecule has 1 aliphatic rings. The molecule has 276 valence electrons. The lowest BCUT2D eigenvalue weighted by Crippen LogP contribution is -2.24. The number of esters is 1. The summed E-state index contributed by atoms with van der Waals surface area (Å²) in [5.41, 5.74) is 5.10. The van der Waals surface area contributed by atoms with Gasteiger partial charge in [-0.15, -0.1) is 0 Å². The summed E-state index contributed by atoms with van der Waals surface area (Å²) < 4.78 is 4.41. The van der Waals surface area contributed by atoms with Gasteiger partial charge in [-0.2, -0.15) is 0 Å². The van der Waals surface area contributed by atoms with Gasteiger partial charge in [0.15, 0.2) is 11.5 Å². The van der Waals surface area contributed by atoms with Crippen LogP contribution in [0, 0.1) is 22.2 Å². The van der Waals surface area contributed by atoms with Gasteiger partial charge < -0.3 is 9.84 Å². The van der Waals surface area contributed by atoms with Crippen molar-refractivity contribution < 1.29 is 24.2 Å². The molecule has 0 fully saturated rings. The maximum Gasteiger partial charge on any atom is 0.356 e. The SMILES string of the molecule is CC(C(=O)C(C)(C)C)=C(O)c1ccncn1.CC(C)C(=O)C(C)(C)C.CC1=C(c2ccncn2)CN=C1C(C)(C)C.COC(=O)c1ccncn1. The zero-order valence-corrected chi connectivity index (χ0v) is 32.7. The molecule has 12 heteroatoms. The summed E-state index contributed by atoms with van der Waals surface area (Å²) in [5.74, 6) is -0.110. The maximum atomic E-state index is 11.9. The predicted octanol–water partition coefficient (Wildman–Crippen LogP) is 7.65.